The third-order valence-corrected chi connectivity index (χ3v) is 5.60. The summed E-state index contributed by atoms with van der Waals surface area (Å²) in [4.78, 5) is 0. The number of ether oxygens (including phenoxy) is 1. The summed E-state index contributed by atoms with van der Waals surface area (Å²) in [6.45, 7) is 2.64. The monoisotopic (exact) mass is 363 g/mol. The number of nitrogens with two attached hydrogens (primary N) is 1. The molecule has 1 aliphatic rings. The molecule has 0 radical (unpaired) electrons. The first kappa shape index (κ1) is 21.2. The maximum atomic E-state index is 9.55. The van der Waals surface area contributed by atoms with Gasteiger partial charge in [-0.1, -0.05) is 45.1 Å². The van der Waals surface area contributed by atoms with Crippen LogP contribution in [-0.2, 0) is 6.42 Å². The number of fused-ring (bicyclic) bond motifs is 1. The van der Waals surface area contributed by atoms with Crippen molar-refractivity contribution in [1.82, 2.24) is 0 Å². The fraction of sp³-hybridized carbons (Fsp3) is 0.727. The molecule has 148 valence electrons. The lowest BCUT2D eigenvalue weighted by Gasteiger charge is -2.30. The maximum Gasteiger partial charge on any atom is 0.119 e. The van der Waals surface area contributed by atoms with E-state index in [0.29, 0.717) is 12.3 Å². The molecule has 4 nitrogen and oxygen atoms in total. The Morgan fingerprint density at radius 2 is 1.88 bits per heavy atom. The van der Waals surface area contributed by atoms with Crippen molar-refractivity contribution in [2.45, 2.75) is 82.6 Å². The molecule has 26 heavy (non-hydrogen) atoms. The molecule has 1 atom stereocenters. The lowest BCUT2D eigenvalue weighted by atomic mass is 9.82. The molecule has 0 spiro atoms. The van der Waals surface area contributed by atoms with Crippen LogP contribution in [-0.4, -0.2) is 35.6 Å². The molecule has 1 aromatic carbocycles. The molecule has 0 saturated heterocycles. The second-order valence-electron chi connectivity index (χ2n) is 7.95. The van der Waals surface area contributed by atoms with Crippen LogP contribution in [0, 0.1) is 0 Å². The van der Waals surface area contributed by atoms with Crippen LogP contribution in [0.1, 0.15) is 81.8 Å². The van der Waals surface area contributed by atoms with E-state index in [-0.39, 0.29) is 13.2 Å². The molecule has 4 heteroatoms. The van der Waals surface area contributed by atoms with E-state index in [0.717, 1.165) is 38.0 Å². The van der Waals surface area contributed by atoms with E-state index in [1.165, 1.54) is 43.2 Å². The Bertz CT molecular complexity index is 528. The molecule has 0 fully saturated rings. The van der Waals surface area contributed by atoms with Gasteiger partial charge in [-0.3, -0.25) is 0 Å². The van der Waals surface area contributed by atoms with Gasteiger partial charge in [0.25, 0.3) is 0 Å². The van der Waals surface area contributed by atoms with Crippen LogP contribution in [0.25, 0.3) is 0 Å². The van der Waals surface area contributed by atoms with Gasteiger partial charge in [-0.15, -0.1) is 0 Å². The number of aliphatic hydroxyl groups excluding tert-OH is 2. The first-order valence-corrected chi connectivity index (χ1v) is 10.4. The number of hydrogen-bond acceptors (Lipinski definition) is 4. The van der Waals surface area contributed by atoms with Gasteiger partial charge < -0.3 is 20.7 Å². The minimum atomic E-state index is -0.903. The zero-order valence-corrected chi connectivity index (χ0v) is 16.4. The predicted molar refractivity (Wildman–Crippen MR) is 107 cm³/mol. The largest absolute Gasteiger partial charge is 0.494 e. The number of rotatable bonds is 11. The molecule has 0 amide bonds. The van der Waals surface area contributed by atoms with Crippen molar-refractivity contribution in [3.8, 4) is 5.75 Å². The fourth-order valence-corrected chi connectivity index (χ4v) is 3.93. The first-order valence-electron chi connectivity index (χ1n) is 10.4. The average molecular weight is 364 g/mol. The Kier molecular flexibility index (Phi) is 8.89. The molecule has 0 bridgehead atoms. The van der Waals surface area contributed by atoms with Crippen LogP contribution in [0.5, 0.6) is 5.75 Å². The Balaban J connectivity index is 1.98. The Hall–Kier alpha value is -1.10. The zero-order valence-electron chi connectivity index (χ0n) is 16.4. The van der Waals surface area contributed by atoms with Gasteiger partial charge in [0.2, 0.25) is 0 Å². The number of aryl methyl sites for hydroxylation is 1. The lowest BCUT2D eigenvalue weighted by Crippen LogP contribution is -2.48. The summed E-state index contributed by atoms with van der Waals surface area (Å²) in [5, 5.41) is 19.1. The summed E-state index contributed by atoms with van der Waals surface area (Å²) in [6.07, 6.45) is 11.3. The SMILES string of the molecule is CCCCCCCOc1ccc2c(c1)CCCC[C@@H]2CC(N)(CO)CO. The second kappa shape index (κ2) is 10.9. The number of hydrogen-bond donors (Lipinski definition) is 3. The van der Waals surface area contributed by atoms with Crippen LogP contribution >= 0.6 is 0 Å². The van der Waals surface area contributed by atoms with Crippen molar-refractivity contribution in [1.29, 1.82) is 0 Å². The van der Waals surface area contributed by atoms with E-state index in [1.54, 1.807) is 0 Å². The zero-order chi connectivity index (χ0) is 18.8. The van der Waals surface area contributed by atoms with Gasteiger partial charge >= 0.3 is 0 Å². The summed E-state index contributed by atoms with van der Waals surface area (Å²) < 4.78 is 5.97. The molecule has 0 aromatic heterocycles. The van der Waals surface area contributed by atoms with E-state index >= 15 is 0 Å². The predicted octanol–water partition coefficient (Wildman–Crippen LogP) is 3.92. The minimum Gasteiger partial charge on any atom is -0.494 e. The van der Waals surface area contributed by atoms with E-state index in [9.17, 15) is 10.2 Å². The summed E-state index contributed by atoms with van der Waals surface area (Å²) in [6, 6.07) is 6.43. The molecule has 0 aliphatic heterocycles. The van der Waals surface area contributed by atoms with Crippen molar-refractivity contribution < 1.29 is 14.9 Å². The second-order valence-corrected chi connectivity index (χ2v) is 7.95. The van der Waals surface area contributed by atoms with Crippen molar-refractivity contribution in [3.63, 3.8) is 0 Å². The summed E-state index contributed by atoms with van der Waals surface area (Å²) >= 11 is 0. The van der Waals surface area contributed by atoms with Crippen molar-refractivity contribution >= 4 is 0 Å². The van der Waals surface area contributed by atoms with Crippen molar-refractivity contribution in [3.05, 3.63) is 29.3 Å². The molecular formula is C22H37NO3. The number of unbranched alkanes of at least 4 members (excludes halogenated alkanes) is 4. The highest BCUT2D eigenvalue weighted by Gasteiger charge is 2.30. The highest BCUT2D eigenvalue weighted by molar-refractivity contribution is 5.39. The van der Waals surface area contributed by atoms with Crippen LogP contribution in [0.3, 0.4) is 0 Å². The Morgan fingerprint density at radius 1 is 1.12 bits per heavy atom. The van der Waals surface area contributed by atoms with Gasteiger partial charge in [0.1, 0.15) is 5.75 Å². The topological polar surface area (TPSA) is 75.7 Å². The van der Waals surface area contributed by atoms with E-state index in [2.05, 4.69) is 25.1 Å². The quantitative estimate of drug-likeness (QED) is 0.411. The molecule has 0 unspecified atom stereocenters. The standard InChI is InChI=1S/C22H37NO3/c1-2-3-4-5-8-13-26-20-11-12-21-18(14-20)9-6-7-10-19(21)15-22(23,16-24)17-25/h11-12,14,19,24-25H,2-10,13,15-17,23H2,1H3/t19-/m1/s1. The van der Waals surface area contributed by atoms with Gasteiger partial charge in [-0.2, -0.15) is 0 Å². The van der Waals surface area contributed by atoms with Crippen molar-refractivity contribution in [2.75, 3.05) is 19.8 Å². The maximum absolute atomic E-state index is 9.55. The fourth-order valence-electron chi connectivity index (χ4n) is 3.93. The third-order valence-electron chi connectivity index (χ3n) is 5.60. The highest BCUT2D eigenvalue weighted by atomic mass is 16.5. The van der Waals surface area contributed by atoms with Crippen LogP contribution in [0.2, 0.25) is 0 Å². The van der Waals surface area contributed by atoms with Gasteiger partial charge in [0.05, 0.1) is 25.4 Å². The molecular weight excluding hydrogens is 326 g/mol. The average Bonchev–Trinajstić information content (AvgIpc) is 2.86. The van der Waals surface area contributed by atoms with Gasteiger partial charge in [0.15, 0.2) is 0 Å². The smallest absolute Gasteiger partial charge is 0.119 e. The molecule has 4 N–H and O–H groups in total. The molecule has 0 saturated carbocycles. The number of aliphatic hydroxyl groups is 2. The summed E-state index contributed by atoms with van der Waals surface area (Å²) in [7, 11) is 0. The van der Waals surface area contributed by atoms with E-state index in [1.807, 2.05) is 0 Å². The van der Waals surface area contributed by atoms with Crippen LogP contribution in [0.15, 0.2) is 18.2 Å². The normalized spacial score (nSPS) is 17.6. The van der Waals surface area contributed by atoms with Crippen LogP contribution < -0.4 is 10.5 Å². The lowest BCUT2D eigenvalue weighted by molar-refractivity contribution is 0.107. The Labute approximate surface area is 158 Å². The third kappa shape index (κ3) is 6.26. The molecule has 0 heterocycles. The Morgan fingerprint density at radius 3 is 2.62 bits per heavy atom. The van der Waals surface area contributed by atoms with Crippen LogP contribution in [0.4, 0.5) is 0 Å². The van der Waals surface area contributed by atoms with E-state index in [4.69, 9.17) is 10.5 Å². The van der Waals surface area contributed by atoms with Crippen molar-refractivity contribution in [2.24, 2.45) is 5.73 Å². The minimum absolute atomic E-state index is 0.186. The number of benzene rings is 1. The molecule has 1 aliphatic carbocycles. The van der Waals surface area contributed by atoms with Gasteiger partial charge in [-0.25, -0.2) is 0 Å². The molecule has 1 aromatic rings. The van der Waals surface area contributed by atoms with Gasteiger partial charge in [-0.05, 0) is 61.3 Å². The summed E-state index contributed by atoms with van der Waals surface area (Å²) in [5.74, 6) is 1.25. The first-order chi connectivity index (χ1) is 12.6. The summed E-state index contributed by atoms with van der Waals surface area (Å²) in [5.41, 5.74) is 7.91. The van der Waals surface area contributed by atoms with E-state index < -0.39 is 5.54 Å². The highest BCUT2D eigenvalue weighted by Crippen LogP contribution is 2.37. The van der Waals surface area contributed by atoms with Gasteiger partial charge in [0, 0.05) is 0 Å². The molecule has 2 rings (SSSR count).